The zero-order valence-corrected chi connectivity index (χ0v) is 7.49. The lowest BCUT2D eigenvalue weighted by Gasteiger charge is -1.85. The molecule has 1 heterocycles. The number of fused-ring (bicyclic) bond motifs is 1. The highest BCUT2D eigenvalue weighted by Gasteiger charge is 2.01. The molecule has 0 spiro atoms. The molecule has 0 aliphatic carbocycles. The predicted octanol–water partition coefficient (Wildman–Crippen LogP) is 1.57. The van der Waals surface area contributed by atoms with Crippen molar-refractivity contribution in [3.05, 3.63) is 29.0 Å². The molecule has 0 unspecified atom stereocenters. The van der Waals surface area contributed by atoms with E-state index in [1.807, 2.05) is 7.85 Å². The van der Waals surface area contributed by atoms with Gasteiger partial charge in [0, 0.05) is 6.07 Å². The Kier molecular flexibility index (Phi) is 1.85. The molecule has 0 saturated carbocycles. The van der Waals surface area contributed by atoms with Crippen LogP contribution in [0.2, 0.25) is 0 Å². The normalized spacial score (nSPS) is 10.8. The van der Waals surface area contributed by atoms with Gasteiger partial charge in [-0.2, -0.15) is 0 Å². The van der Waals surface area contributed by atoms with Gasteiger partial charge in [0.1, 0.15) is 13.7 Å². The van der Waals surface area contributed by atoms with Crippen LogP contribution in [0.3, 0.4) is 0 Å². The maximum absolute atomic E-state index is 12.7. The Morgan fingerprint density at radius 2 is 2.33 bits per heavy atom. The summed E-state index contributed by atoms with van der Waals surface area (Å²) in [6, 6.07) is 4.73. The van der Waals surface area contributed by atoms with E-state index in [1.165, 1.54) is 12.1 Å². The summed E-state index contributed by atoms with van der Waals surface area (Å²) < 4.78 is 13.8. The van der Waals surface area contributed by atoms with Gasteiger partial charge in [-0.1, -0.05) is 0 Å². The second-order valence-corrected chi connectivity index (χ2v) is 3.69. The molecule has 0 bridgehead atoms. The number of thiazole rings is 1. The summed E-state index contributed by atoms with van der Waals surface area (Å²) in [5.41, 5.74) is 0.775. The first-order chi connectivity index (χ1) is 5.79. The standard InChI is InChI=1S/C8H7BFNS/c9-4-8-11-6-3-5(10)1-2-7(6)12-8/h1-3H,4,9H2. The van der Waals surface area contributed by atoms with Crippen LogP contribution in [0.15, 0.2) is 18.2 Å². The Bertz CT molecular complexity index is 412. The van der Waals surface area contributed by atoms with Gasteiger partial charge in [0.15, 0.2) is 0 Å². The highest BCUT2D eigenvalue weighted by molar-refractivity contribution is 7.18. The molecule has 1 aromatic heterocycles. The first kappa shape index (κ1) is 7.74. The van der Waals surface area contributed by atoms with Crippen LogP contribution >= 0.6 is 11.3 Å². The SMILES string of the molecule is BCc1nc2cc(F)ccc2s1. The van der Waals surface area contributed by atoms with Crippen molar-refractivity contribution >= 4 is 29.4 Å². The molecule has 0 amide bonds. The second kappa shape index (κ2) is 2.86. The van der Waals surface area contributed by atoms with Crippen molar-refractivity contribution in [2.24, 2.45) is 0 Å². The number of benzene rings is 1. The molecule has 60 valence electrons. The number of nitrogens with zero attached hydrogens (tertiary/aromatic N) is 1. The topological polar surface area (TPSA) is 12.9 Å². The van der Waals surface area contributed by atoms with Gasteiger partial charge in [-0.3, -0.25) is 0 Å². The van der Waals surface area contributed by atoms with Crippen LogP contribution in [-0.4, -0.2) is 12.8 Å². The molecular weight excluding hydrogens is 172 g/mol. The maximum atomic E-state index is 12.7. The minimum atomic E-state index is -0.213. The lowest BCUT2D eigenvalue weighted by atomic mass is 10.1. The largest absolute Gasteiger partial charge is 0.242 e. The maximum Gasteiger partial charge on any atom is 0.125 e. The number of hydrogen-bond acceptors (Lipinski definition) is 2. The average Bonchev–Trinajstić information content (AvgIpc) is 2.46. The number of halogens is 1. The monoisotopic (exact) mass is 179 g/mol. The van der Waals surface area contributed by atoms with Crippen LogP contribution < -0.4 is 0 Å². The summed E-state index contributed by atoms with van der Waals surface area (Å²) in [5.74, 6) is -0.213. The fourth-order valence-electron chi connectivity index (χ4n) is 1.10. The first-order valence-electron chi connectivity index (χ1n) is 3.84. The minimum Gasteiger partial charge on any atom is -0.242 e. The highest BCUT2D eigenvalue weighted by atomic mass is 32.1. The second-order valence-electron chi connectivity index (χ2n) is 2.57. The van der Waals surface area contributed by atoms with Crippen molar-refractivity contribution in [1.29, 1.82) is 0 Å². The van der Waals surface area contributed by atoms with Crippen LogP contribution in [0.5, 0.6) is 0 Å². The summed E-state index contributed by atoms with van der Waals surface area (Å²) in [5, 5.41) is 1.07. The van der Waals surface area contributed by atoms with Gasteiger partial charge in [-0.15, -0.1) is 11.3 Å². The average molecular weight is 179 g/mol. The zero-order chi connectivity index (χ0) is 8.55. The highest BCUT2D eigenvalue weighted by Crippen LogP contribution is 2.22. The van der Waals surface area contributed by atoms with Gasteiger partial charge in [0.05, 0.1) is 15.2 Å². The summed E-state index contributed by atoms with van der Waals surface area (Å²) in [6.07, 6.45) is 0.918. The smallest absolute Gasteiger partial charge is 0.125 e. The molecule has 0 aliphatic rings. The quantitative estimate of drug-likeness (QED) is 0.605. The van der Waals surface area contributed by atoms with Crippen LogP contribution in [0.1, 0.15) is 5.01 Å². The first-order valence-corrected chi connectivity index (χ1v) is 4.66. The van der Waals surface area contributed by atoms with Gasteiger partial charge >= 0.3 is 0 Å². The Hall–Kier alpha value is -0.895. The lowest BCUT2D eigenvalue weighted by Crippen LogP contribution is -1.79. The van der Waals surface area contributed by atoms with Crippen molar-refractivity contribution in [3.63, 3.8) is 0 Å². The molecule has 0 aliphatic heterocycles. The Balaban J connectivity index is 2.67. The predicted molar refractivity (Wildman–Crippen MR) is 51.8 cm³/mol. The molecule has 0 atom stereocenters. The van der Waals surface area contributed by atoms with Gasteiger partial charge in [-0.25, -0.2) is 9.37 Å². The van der Waals surface area contributed by atoms with Crippen LogP contribution in [0.4, 0.5) is 4.39 Å². The molecule has 0 fully saturated rings. The van der Waals surface area contributed by atoms with E-state index in [9.17, 15) is 4.39 Å². The van der Waals surface area contributed by atoms with Crippen molar-refractivity contribution in [2.45, 2.75) is 6.32 Å². The molecule has 0 N–H and O–H groups in total. The van der Waals surface area contributed by atoms with E-state index in [4.69, 9.17) is 0 Å². The van der Waals surface area contributed by atoms with Crippen molar-refractivity contribution in [1.82, 2.24) is 4.98 Å². The molecule has 4 heteroatoms. The van der Waals surface area contributed by atoms with E-state index < -0.39 is 0 Å². The van der Waals surface area contributed by atoms with Gasteiger partial charge in [0.25, 0.3) is 0 Å². The van der Waals surface area contributed by atoms with E-state index in [2.05, 4.69) is 4.98 Å². The number of rotatable bonds is 1. The third-order valence-corrected chi connectivity index (χ3v) is 2.88. The van der Waals surface area contributed by atoms with Crippen LogP contribution in [0.25, 0.3) is 10.2 Å². The van der Waals surface area contributed by atoms with E-state index in [0.29, 0.717) is 0 Å². The van der Waals surface area contributed by atoms with Crippen LogP contribution in [0, 0.1) is 5.82 Å². The fourth-order valence-corrected chi connectivity index (χ4v) is 1.99. The Morgan fingerprint density at radius 1 is 1.50 bits per heavy atom. The van der Waals surface area contributed by atoms with Crippen molar-refractivity contribution < 1.29 is 4.39 Å². The molecule has 12 heavy (non-hydrogen) atoms. The van der Waals surface area contributed by atoms with Crippen molar-refractivity contribution in [3.8, 4) is 0 Å². The number of hydrogen-bond donors (Lipinski definition) is 0. The summed E-state index contributed by atoms with van der Waals surface area (Å²) in [6.45, 7) is 0. The lowest BCUT2D eigenvalue weighted by molar-refractivity contribution is 0.629. The van der Waals surface area contributed by atoms with Gasteiger partial charge in [0.2, 0.25) is 0 Å². The molecule has 2 aromatic rings. The Labute approximate surface area is 74.7 Å². The zero-order valence-electron chi connectivity index (χ0n) is 6.67. The third-order valence-electron chi connectivity index (χ3n) is 1.70. The van der Waals surface area contributed by atoms with Gasteiger partial charge in [-0.05, 0) is 18.5 Å². The van der Waals surface area contributed by atoms with Crippen LogP contribution in [-0.2, 0) is 6.32 Å². The summed E-state index contributed by atoms with van der Waals surface area (Å²) >= 11 is 1.63. The molecule has 1 aromatic carbocycles. The van der Waals surface area contributed by atoms with E-state index in [0.717, 1.165) is 21.5 Å². The molecule has 0 saturated heterocycles. The Morgan fingerprint density at radius 3 is 3.08 bits per heavy atom. The van der Waals surface area contributed by atoms with Gasteiger partial charge < -0.3 is 0 Å². The third kappa shape index (κ3) is 1.22. The van der Waals surface area contributed by atoms with E-state index in [1.54, 1.807) is 17.4 Å². The fraction of sp³-hybridized carbons (Fsp3) is 0.125. The van der Waals surface area contributed by atoms with E-state index in [-0.39, 0.29) is 5.82 Å². The molecule has 0 radical (unpaired) electrons. The van der Waals surface area contributed by atoms with Crippen molar-refractivity contribution in [2.75, 3.05) is 0 Å². The summed E-state index contributed by atoms with van der Waals surface area (Å²) in [7, 11) is 2.05. The molecule has 2 rings (SSSR count). The molecular formula is C8H7BFNS. The van der Waals surface area contributed by atoms with E-state index >= 15 is 0 Å². The summed E-state index contributed by atoms with van der Waals surface area (Å²) in [4.78, 5) is 4.27. The minimum absolute atomic E-state index is 0.213. The molecule has 1 nitrogen and oxygen atoms in total. The number of aromatic nitrogens is 1.